The van der Waals surface area contributed by atoms with Crippen LogP contribution in [-0.4, -0.2) is 72.0 Å². The first-order valence-corrected chi connectivity index (χ1v) is 11.1. The molecule has 0 heterocycles. The summed E-state index contributed by atoms with van der Waals surface area (Å²) in [6.45, 7) is 3.66. The number of aliphatic carboxylic acids is 1. The van der Waals surface area contributed by atoms with E-state index in [-0.39, 0.29) is 18.9 Å². The maximum Gasteiger partial charge on any atom is 0.326 e. The van der Waals surface area contributed by atoms with Crippen molar-refractivity contribution in [2.24, 2.45) is 17.4 Å². The number of thioether (sulfide) groups is 1. The Morgan fingerprint density at radius 2 is 1.69 bits per heavy atom. The fourth-order valence-electron chi connectivity index (χ4n) is 2.45. The van der Waals surface area contributed by atoms with Gasteiger partial charge in [-0.3, -0.25) is 14.4 Å². The summed E-state index contributed by atoms with van der Waals surface area (Å²) < 4.78 is 0. The maximum absolute atomic E-state index is 12.5. The Morgan fingerprint density at radius 1 is 1.03 bits per heavy atom. The molecule has 0 saturated carbocycles. The third-order valence-electron chi connectivity index (χ3n) is 4.22. The topological polar surface area (TPSA) is 177 Å². The van der Waals surface area contributed by atoms with Gasteiger partial charge in [-0.05, 0) is 43.7 Å². The highest BCUT2D eigenvalue weighted by Gasteiger charge is 2.28. The van der Waals surface area contributed by atoms with E-state index in [1.807, 2.05) is 6.26 Å². The number of rotatable bonds is 15. The smallest absolute Gasteiger partial charge is 0.326 e. The minimum atomic E-state index is -1.13. The zero-order valence-corrected chi connectivity index (χ0v) is 18.2. The van der Waals surface area contributed by atoms with E-state index in [0.29, 0.717) is 25.1 Å². The summed E-state index contributed by atoms with van der Waals surface area (Å²) in [7, 11) is 0. The molecule has 0 aliphatic carbocycles. The van der Waals surface area contributed by atoms with Crippen molar-refractivity contribution >= 4 is 35.5 Å². The second kappa shape index (κ2) is 15.1. The van der Waals surface area contributed by atoms with E-state index in [4.69, 9.17) is 11.5 Å². The van der Waals surface area contributed by atoms with Gasteiger partial charge in [-0.1, -0.05) is 20.3 Å². The molecular weight excluding hydrogens is 398 g/mol. The van der Waals surface area contributed by atoms with Gasteiger partial charge in [0.1, 0.15) is 12.1 Å². The van der Waals surface area contributed by atoms with Crippen LogP contribution in [0.15, 0.2) is 0 Å². The highest BCUT2D eigenvalue weighted by molar-refractivity contribution is 7.98. The van der Waals surface area contributed by atoms with Crippen LogP contribution in [0.3, 0.4) is 0 Å². The van der Waals surface area contributed by atoms with E-state index in [1.165, 1.54) is 11.8 Å². The first-order chi connectivity index (χ1) is 13.6. The Hall–Kier alpha value is -1.85. The van der Waals surface area contributed by atoms with Gasteiger partial charge in [0, 0.05) is 0 Å². The third-order valence-corrected chi connectivity index (χ3v) is 4.86. The van der Waals surface area contributed by atoms with E-state index in [1.54, 1.807) is 13.8 Å². The molecule has 0 spiro atoms. The molecule has 8 N–H and O–H groups in total. The zero-order chi connectivity index (χ0) is 22.4. The molecule has 11 heteroatoms. The number of nitrogens with one attached hydrogen (secondary N) is 3. The minimum absolute atomic E-state index is 0.275. The lowest BCUT2D eigenvalue weighted by molar-refractivity contribution is -0.142. The van der Waals surface area contributed by atoms with Gasteiger partial charge in [-0.25, -0.2) is 4.79 Å². The summed E-state index contributed by atoms with van der Waals surface area (Å²) in [5, 5.41) is 16.7. The van der Waals surface area contributed by atoms with Gasteiger partial charge in [0.25, 0.3) is 0 Å². The standard InChI is InChI=1S/C18H35N5O5S/c1-11(2)15(17(26)22-13(18(27)28)7-9-29-3)23-14(24)10-21-16(25)12(20)6-4-5-8-19/h11-13,15H,4-10,19-20H2,1-3H3,(H,21,25)(H,22,26)(H,23,24)(H,27,28). The molecule has 0 fully saturated rings. The quantitative estimate of drug-likeness (QED) is 0.179. The van der Waals surface area contributed by atoms with Gasteiger partial charge in [0.05, 0.1) is 12.6 Å². The Morgan fingerprint density at radius 3 is 2.21 bits per heavy atom. The lowest BCUT2D eigenvalue weighted by Crippen LogP contribution is -2.55. The van der Waals surface area contributed by atoms with Gasteiger partial charge in [-0.15, -0.1) is 0 Å². The number of nitrogens with two attached hydrogens (primary N) is 2. The molecule has 0 bridgehead atoms. The first-order valence-electron chi connectivity index (χ1n) is 9.68. The summed E-state index contributed by atoms with van der Waals surface area (Å²) >= 11 is 1.48. The van der Waals surface area contributed by atoms with Crippen LogP contribution >= 0.6 is 11.8 Å². The fourth-order valence-corrected chi connectivity index (χ4v) is 2.92. The number of carbonyl (C=O) groups excluding carboxylic acids is 3. The lowest BCUT2D eigenvalue weighted by atomic mass is 10.0. The van der Waals surface area contributed by atoms with E-state index >= 15 is 0 Å². The summed E-state index contributed by atoms with van der Waals surface area (Å²) in [4.78, 5) is 47.9. The second-order valence-electron chi connectivity index (χ2n) is 7.08. The molecule has 0 aromatic carbocycles. The summed E-state index contributed by atoms with van der Waals surface area (Å²) in [6, 6.07) is -2.68. The van der Waals surface area contributed by atoms with E-state index in [0.717, 1.165) is 6.42 Å². The number of carboxylic acid groups (broad SMARTS) is 1. The van der Waals surface area contributed by atoms with Crippen molar-refractivity contribution in [3.05, 3.63) is 0 Å². The number of hydrogen-bond acceptors (Lipinski definition) is 7. The monoisotopic (exact) mass is 433 g/mol. The SMILES string of the molecule is CSCCC(NC(=O)C(NC(=O)CNC(=O)C(N)CCCCN)C(C)C)C(=O)O. The van der Waals surface area contributed by atoms with E-state index in [2.05, 4.69) is 16.0 Å². The van der Waals surface area contributed by atoms with Gasteiger partial charge >= 0.3 is 5.97 Å². The largest absolute Gasteiger partial charge is 0.480 e. The molecule has 29 heavy (non-hydrogen) atoms. The van der Waals surface area contributed by atoms with Crippen LogP contribution in [0.1, 0.15) is 39.5 Å². The van der Waals surface area contributed by atoms with Crippen molar-refractivity contribution in [1.82, 2.24) is 16.0 Å². The van der Waals surface area contributed by atoms with Crippen molar-refractivity contribution in [2.45, 2.75) is 57.7 Å². The Balaban J connectivity index is 4.66. The van der Waals surface area contributed by atoms with Crippen LogP contribution in [0.4, 0.5) is 0 Å². The normalized spacial score (nSPS) is 14.0. The highest BCUT2D eigenvalue weighted by atomic mass is 32.2. The molecule has 0 aromatic heterocycles. The van der Waals surface area contributed by atoms with Crippen LogP contribution < -0.4 is 27.4 Å². The number of carboxylic acids is 1. The Kier molecular flexibility index (Phi) is 14.1. The fraction of sp³-hybridized carbons (Fsp3) is 0.778. The number of hydrogen-bond donors (Lipinski definition) is 6. The summed E-state index contributed by atoms with van der Waals surface area (Å²) in [6.07, 6.45) is 4.07. The molecule has 0 aliphatic heterocycles. The predicted octanol–water partition coefficient (Wildman–Crippen LogP) is -0.978. The number of carbonyl (C=O) groups is 4. The number of unbranched alkanes of at least 4 members (excludes halogenated alkanes) is 1. The van der Waals surface area contributed by atoms with E-state index < -0.39 is 41.8 Å². The molecule has 3 atom stereocenters. The summed E-state index contributed by atoms with van der Waals surface area (Å²) in [5.41, 5.74) is 11.2. The average Bonchev–Trinajstić information content (AvgIpc) is 2.66. The van der Waals surface area contributed by atoms with Gasteiger partial charge in [-0.2, -0.15) is 11.8 Å². The summed E-state index contributed by atoms with van der Waals surface area (Å²) in [5.74, 6) is -2.41. The third kappa shape index (κ3) is 11.7. The molecule has 3 amide bonds. The number of amides is 3. The van der Waals surface area contributed by atoms with Crippen molar-refractivity contribution in [2.75, 3.05) is 25.1 Å². The maximum atomic E-state index is 12.5. The molecular formula is C18H35N5O5S. The average molecular weight is 434 g/mol. The van der Waals surface area contributed by atoms with Crippen LogP contribution in [0.5, 0.6) is 0 Å². The van der Waals surface area contributed by atoms with Crippen molar-refractivity contribution in [3.63, 3.8) is 0 Å². The van der Waals surface area contributed by atoms with Crippen LogP contribution in [-0.2, 0) is 19.2 Å². The van der Waals surface area contributed by atoms with Crippen LogP contribution in [0.2, 0.25) is 0 Å². The molecule has 10 nitrogen and oxygen atoms in total. The second-order valence-corrected chi connectivity index (χ2v) is 8.06. The lowest BCUT2D eigenvalue weighted by Gasteiger charge is -2.24. The van der Waals surface area contributed by atoms with Crippen molar-refractivity contribution in [1.29, 1.82) is 0 Å². The van der Waals surface area contributed by atoms with Crippen molar-refractivity contribution < 1.29 is 24.3 Å². The highest BCUT2D eigenvalue weighted by Crippen LogP contribution is 2.06. The molecule has 0 aromatic rings. The Bertz CT molecular complexity index is 547. The van der Waals surface area contributed by atoms with Gasteiger partial charge in [0.15, 0.2) is 0 Å². The van der Waals surface area contributed by atoms with Crippen LogP contribution in [0.25, 0.3) is 0 Å². The molecule has 0 saturated heterocycles. The molecule has 168 valence electrons. The molecule has 0 aliphatic rings. The minimum Gasteiger partial charge on any atom is -0.480 e. The van der Waals surface area contributed by atoms with Gasteiger partial charge < -0.3 is 32.5 Å². The van der Waals surface area contributed by atoms with Gasteiger partial charge in [0.2, 0.25) is 17.7 Å². The van der Waals surface area contributed by atoms with E-state index in [9.17, 15) is 24.3 Å². The molecule has 0 radical (unpaired) electrons. The first kappa shape index (κ1) is 27.1. The predicted molar refractivity (Wildman–Crippen MR) is 113 cm³/mol. The Labute approximate surface area is 176 Å². The molecule has 3 unspecified atom stereocenters. The molecule has 0 rings (SSSR count). The zero-order valence-electron chi connectivity index (χ0n) is 17.4. The van der Waals surface area contributed by atoms with Crippen molar-refractivity contribution in [3.8, 4) is 0 Å². The van der Waals surface area contributed by atoms with Crippen LogP contribution in [0, 0.1) is 5.92 Å².